The van der Waals surface area contributed by atoms with Crippen LogP contribution in [0.1, 0.15) is 48.4 Å². The quantitative estimate of drug-likeness (QED) is 0.325. The van der Waals surface area contributed by atoms with Gasteiger partial charge in [0.1, 0.15) is 21.7 Å². The molecule has 7 heteroatoms. The molecule has 1 aliphatic heterocycles. The second-order valence-corrected chi connectivity index (χ2v) is 9.21. The van der Waals surface area contributed by atoms with E-state index in [1.807, 2.05) is 48.5 Å². The zero-order valence-electron chi connectivity index (χ0n) is 18.3. The van der Waals surface area contributed by atoms with E-state index in [1.165, 1.54) is 0 Å². The third-order valence-electron chi connectivity index (χ3n) is 5.97. The Balaban J connectivity index is 1.59. The molecule has 1 unspecified atom stereocenters. The van der Waals surface area contributed by atoms with E-state index in [-0.39, 0.29) is 18.0 Å². The molecule has 1 atom stereocenters. The molecule has 0 fully saturated rings. The number of fused-ring (bicyclic) bond motifs is 2. The average Bonchev–Trinajstić information content (AvgIpc) is 3.19. The van der Waals surface area contributed by atoms with E-state index in [1.54, 1.807) is 12.1 Å². The SMILES string of the molecule is CC(C)n1c(C(=O)NC2CCOc3ccccc32)cc2c(-c3cc(Cl)nc(Cl)c3)cccc21. The number of amides is 1. The Morgan fingerprint density at radius 2 is 1.85 bits per heavy atom. The van der Waals surface area contributed by atoms with Crippen LogP contribution in [0.4, 0.5) is 0 Å². The number of para-hydroxylation sites is 1. The molecule has 3 heterocycles. The maximum atomic E-state index is 13.5. The first-order valence-electron chi connectivity index (χ1n) is 10.9. The monoisotopic (exact) mass is 479 g/mol. The highest BCUT2D eigenvalue weighted by Gasteiger charge is 2.26. The molecule has 0 radical (unpaired) electrons. The van der Waals surface area contributed by atoms with Crippen LogP contribution in [0.5, 0.6) is 5.75 Å². The van der Waals surface area contributed by atoms with Crippen molar-refractivity contribution in [3.05, 3.63) is 82.2 Å². The lowest BCUT2D eigenvalue weighted by Crippen LogP contribution is -2.33. The van der Waals surface area contributed by atoms with Gasteiger partial charge in [0.15, 0.2) is 0 Å². The van der Waals surface area contributed by atoms with Crippen LogP contribution in [0.2, 0.25) is 10.3 Å². The fourth-order valence-corrected chi connectivity index (χ4v) is 5.04. The van der Waals surface area contributed by atoms with Gasteiger partial charge in [0.2, 0.25) is 0 Å². The summed E-state index contributed by atoms with van der Waals surface area (Å²) in [6, 6.07) is 19.4. The Kier molecular flexibility index (Phi) is 5.77. The minimum Gasteiger partial charge on any atom is -0.493 e. The second kappa shape index (κ2) is 8.73. The van der Waals surface area contributed by atoms with Crippen molar-refractivity contribution in [3.8, 4) is 16.9 Å². The van der Waals surface area contributed by atoms with Crippen molar-refractivity contribution in [3.63, 3.8) is 0 Å². The molecule has 0 saturated heterocycles. The summed E-state index contributed by atoms with van der Waals surface area (Å²) in [6.07, 6.45) is 0.726. The normalized spacial score (nSPS) is 15.4. The van der Waals surface area contributed by atoms with Gasteiger partial charge in [-0.1, -0.05) is 53.5 Å². The van der Waals surface area contributed by atoms with Gasteiger partial charge in [-0.25, -0.2) is 4.98 Å². The Morgan fingerprint density at radius 1 is 1.09 bits per heavy atom. The Labute approximate surface area is 202 Å². The molecule has 5 nitrogen and oxygen atoms in total. The van der Waals surface area contributed by atoms with Crippen molar-refractivity contribution in [2.75, 3.05) is 6.61 Å². The van der Waals surface area contributed by atoms with Gasteiger partial charge < -0.3 is 14.6 Å². The first-order valence-corrected chi connectivity index (χ1v) is 11.7. The smallest absolute Gasteiger partial charge is 0.268 e. The first-order chi connectivity index (χ1) is 15.9. The van der Waals surface area contributed by atoms with Crippen molar-refractivity contribution in [1.82, 2.24) is 14.9 Å². The van der Waals surface area contributed by atoms with Crippen LogP contribution in [-0.2, 0) is 0 Å². The molecule has 33 heavy (non-hydrogen) atoms. The van der Waals surface area contributed by atoms with Crippen molar-refractivity contribution >= 4 is 40.0 Å². The topological polar surface area (TPSA) is 56.2 Å². The van der Waals surface area contributed by atoms with Gasteiger partial charge in [0.25, 0.3) is 5.91 Å². The number of halogens is 2. The molecule has 2 aromatic carbocycles. The molecule has 0 spiro atoms. The first kappa shape index (κ1) is 21.8. The van der Waals surface area contributed by atoms with E-state index in [4.69, 9.17) is 27.9 Å². The molecule has 0 bridgehead atoms. The summed E-state index contributed by atoms with van der Waals surface area (Å²) in [5.74, 6) is 0.713. The molecule has 0 saturated carbocycles. The molecule has 1 amide bonds. The second-order valence-electron chi connectivity index (χ2n) is 8.43. The lowest BCUT2D eigenvalue weighted by atomic mass is 10.0. The average molecular weight is 480 g/mol. The number of nitrogens with zero attached hydrogens (tertiary/aromatic N) is 2. The number of aromatic nitrogens is 2. The molecule has 1 N–H and O–H groups in total. The minimum absolute atomic E-state index is 0.0880. The van der Waals surface area contributed by atoms with Gasteiger partial charge in [-0.2, -0.15) is 0 Å². The molecular weight excluding hydrogens is 457 g/mol. The van der Waals surface area contributed by atoms with Gasteiger partial charge in [-0.05, 0) is 55.3 Å². The van der Waals surface area contributed by atoms with Crippen LogP contribution in [0.15, 0.2) is 60.7 Å². The van der Waals surface area contributed by atoms with Crippen LogP contribution >= 0.6 is 23.2 Å². The zero-order chi connectivity index (χ0) is 23.1. The van der Waals surface area contributed by atoms with E-state index >= 15 is 0 Å². The number of benzene rings is 2. The molecule has 1 aliphatic rings. The number of carbonyl (C=O) groups excluding carboxylic acids is 1. The summed E-state index contributed by atoms with van der Waals surface area (Å²) in [5, 5.41) is 4.85. The van der Waals surface area contributed by atoms with Crippen LogP contribution < -0.4 is 10.1 Å². The predicted octanol–water partition coefficient (Wildman–Crippen LogP) is 6.84. The highest BCUT2D eigenvalue weighted by Crippen LogP contribution is 2.36. The molecule has 0 aliphatic carbocycles. The predicted molar refractivity (Wildman–Crippen MR) is 132 cm³/mol. The summed E-state index contributed by atoms with van der Waals surface area (Å²) in [5.41, 5.74) is 4.40. The summed E-state index contributed by atoms with van der Waals surface area (Å²) in [6.45, 7) is 4.72. The number of hydrogen-bond donors (Lipinski definition) is 1. The van der Waals surface area contributed by atoms with Gasteiger partial charge in [0, 0.05) is 28.9 Å². The van der Waals surface area contributed by atoms with Gasteiger partial charge in [-0.3, -0.25) is 4.79 Å². The molecule has 168 valence electrons. The Bertz CT molecular complexity index is 1340. The highest BCUT2D eigenvalue weighted by molar-refractivity contribution is 6.33. The largest absolute Gasteiger partial charge is 0.493 e. The number of carbonyl (C=O) groups is 1. The summed E-state index contributed by atoms with van der Waals surface area (Å²) in [7, 11) is 0. The summed E-state index contributed by atoms with van der Waals surface area (Å²) in [4.78, 5) is 17.6. The minimum atomic E-state index is -0.113. The van der Waals surface area contributed by atoms with Crippen molar-refractivity contribution < 1.29 is 9.53 Å². The third kappa shape index (κ3) is 4.07. The Hall–Kier alpha value is -3.02. The van der Waals surface area contributed by atoms with Crippen LogP contribution in [0.3, 0.4) is 0 Å². The van der Waals surface area contributed by atoms with Crippen molar-refractivity contribution in [2.45, 2.75) is 32.4 Å². The zero-order valence-corrected chi connectivity index (χ0v) is 19.8. The van der Waals surface area contributed by atoms with Gasteiger partial charge in [0.05, 0.1) is 12.6 Å². The number of rotatable bonds is 4. The highest BCUT2D eigenvalue weighted by atomic mass is 35.5. The molecule has 2 aromatic heterocycles. The third-order valence-corrected chi connectivity index (χ3v) is 6.36. The molecule has 5 rings (SSSR count). The summed E-state index contributed by atoms with van der Waals surface area (Å²) >= 11 is 12.3. The van der Waals surface area contributed by atoms with Crippen LogP contribution in [0, 0.1) is 0 Å². The van der Waals surface area contributed by atoms with Crippen LogP contribution in [-0.4, -0.2) is 22.1 Å². The lowest BCUT2D eigenvalue weighted by molar-refractivity contribution is 0.0914. The fourth-order valence-electron chi connectivity index (χ4n) is 4.58. The lowest BCUT2D eigenvalue weighted by Gasteiger charge is -2.27. The van der Waals surface area contributed by atoms with Crippen LogP contribution in [0.25, 0.3) is 22.0 Å². The van der Waals surface area contributed by atoms with E-state index in [9.17, 15) is 4.79 Å². The maximum Gasteiger partial charge on any atom is 0.268 e. The number of nitrogens with one attached hydrogen (secondary N) is 1. The van der Waals surface area contributed by atoms with Gasteiger partial charge in [-0.15, -0.1) is 0 Å². The van der Waals surface area contributed by atoms with E-state index < -0.39 is 0 Å². The van der Waals surface area contributed by atoms with Gasteiger partial charge >= 0.3 is 0 Å². The number of hydrogen-bond acceptors (Lipinski definition) is 3. The maximum absolute atomic E-state index is 13.5. The molecular formula is C26H23Cl2N3O2. The summed E-state index contributed by atoms with van der Waals surface area (Å²) < 4.78 is 7.82. The molecule has 4 aromatic rings. The number of ether oxygens (including phenoxy) is 1. The van der Waals surface area contributed by atoms with E-state index in [0.29, 0.717) is 22.6 Å². The van der Waals surface area contributed by atoms with Crippen molar-refractivity contribution in [1.29, 1.82) is 0 Å². The number of pyridine rings is 1. The Morgan fingerprint density at radius 3 is 2.61 bits per heavy atom. The fraction of sp³-hybridized carbons (Fsp3) is 0.231. The van der Waals surface area contributed by atoms with E-state index in [0.717, 1.165) is 39.8 Å². The van der Waals surface area contributed by atoms with Crippen molar-refractivity contribution in [2.24, 2.45) is 0 Å². The van der Waals surface area contributed by atoms with E-state index in [2.05, 4.69) is 28.7 Å². The standard InChI is InChI=1S/C26H23Cl2N3O2/c1-15(2)31-21-8-5-7-17(16-12-24(27)30-25(28)13-16)19(21)14-22(31)26(32)29-20-10-11-33-23-9-4-3-6-18(20)23/h3-9,12-15,20H,10-11H2,1-2H3,(H,29,32).